The summed E-state index contributed by atoms with van der Waals surface area (Å²) in [7, 11) is 0. The van der Waals surface area contributed by atoms with Crippen LogP contribution in [0, 0.1) is 0 Å². The Morgan fingerprint density at radius 1 is 1.39 bits per heavy atom. The zero-order valence-corrected chi connectivity index (χ0v) is 10.6. The molecule has 18 heavy (non-hydrogen) atoms. The van der Waals surface area contributed by atoms with E-state index in [2.05, 4.69) is 5.32 Å². The summed E-state index contributed by atoms with van der Waals surface area (Å²) in [5.74, 6) is 0. The van der Waals surface area contributed by atoms with Gasteiger partial charge < -0.3 is 10.4 Å². The summed E-state index contributed by atoms with van der Waals surface area (Å²) in [5.41, 5.74) is 1.46. The average Bonchev–Trinajstić information content (AvgIpc) is 2.27. The van der Waals surface area contributed by atoms with Crippen LogP contribution in [-0.4, -0.2) is 17.8 Å². The van der Waals surface area contributed by atoms with Crippen LogP contribution >= 0.6 is 12.4 Å². The third kappa shape index (κ3) is 2.79. The molecule has 0 spiro atoms. The lowest BCUT2D eigenvalue weighted by atomic mass is 9.89. The quantitative estimate of drug-likeness (QED) is 0.830. The average molecular weight is 282 g/mol. The van der Waals surface area contributed by atoms with Gasteiger partial charge in [0.2, 0.25) is 0 Å². The molecule has 1 unspecified atom stereocenters. The third-order valence-electron chi connectivity index (χ3n) is 3.15. The fourth-order valence-corrected chi connectivity index (χ4v) is 2.27. The highest BCUT2D eigenvalue weighted by molar-refractivity contribution is 5.85. The lowest BCUT2D eigenvalue weighted by Crippen LogP contribution is -2.30. The van der Waals surface area contributed by atoms with E-state index >= 15 is 0 Å². The normalized spacial score (nSPS) is 20.8. The maximum Gasteiger partial charge on any atom is 0.418 e. The zero-order valence-electron chi connectivity index (χ0n) is 9.79. The molecule has 0 radical (unpaired) electrons. The Labute approximate surface area is 110 Å². The predicted octanol–water partition coefficient (Wildman–Crippen LogP) is 2.91. The molecule has 102 valence electrons. The molecule has 2 N–H and O–H groups in total. The molecular formula is C12H15ClF3NO. The number of alkyl halides is 3. The van der Waals surface area contributed by atoms with Crippen LogP contribution in [0.4, 0.5) is 13.2 Å². The molecule has 1 aliphatic heterocycles. The number of halogens is 4. The van der Waals surface area contributed by atoms with E-state index in [0.29, 0.717) is 18.5 Å². The van der Waals surface area contributed by atoms with Crippen LogP contribution in [0.25, 0.3) is 0 Å². The molecule has 0 aromatic heterocycles. The van der Waals surface area contributed by atoms with Crippen molar-refractivity contribution in [2.75, 3.05) is 6.54 Å². The number of benzene rings is 1. The van der Waals surface area contributed by atoms with Gasteiger partial charge in [0.15, 0.2) is 6.10 Å². The highest BCUT2D eigenvalue weighted by Gasteiger charge is 2.41. The first-order valence-corrected chi connectivity index (χ1v) is 5.51. The molecule has 0 saturated carbocycles. The first-order valence-electron chi connectivity index (χ1n) is 5.51. The van der Waals surface area contributed by atoms with Gasteiger partial charge in [0, 0.05) is 6.04 Å². The minimum atomic E-state index is -4.61. The molecule has 1 heterocycles. The van der Waals surface area contributed by atoms with Gasteiger partial charge in [0.1, 0.15) is 0 Å². The lowest BCUT2D eigenvalue weighted by Gasteiger charge is -2.28. The maximum atomic E-state index is 12.5. The molecule has 0 amide bonds. The Hall–Kier alpha value is -0.780. The fraction of sp³-hybridized carbons (Fsp3) is 0.500. The minimum Gasteiger partial charge on any atom is -0.379 e. The number of rotatable bonds is 1. The maximum absolute atomic E-state index is 12.5. The van der Waals surface area contributed by atoms with Crippen molar-refractivity contribution in [2.45, 2.75) is 31.7 Å². The van der Waals surface area contributed by atoms with Gasteiger partial charge in [-0.1, -0.05) is 18.2 Å². The van der Waals surface area contributed by atoms with E-state index in [4.69, 9.17) is 0 Å². The molecule has 6 heteroatoms. The number of aliphatic hydroxyl groups excluding tert-OH is 1. The summed E-state index contributed by atoms with van der Waals surface area (Å²) in [4.78, 5) is 0. The number of hydrogen-bond acceptors (Lipinski definition) is 2. The largest absolute Gasteiger partial charge is 0.418 e. The second-order valence-corrected chi connectivity index (χ2v) is 4.28. The van der Waals surface area contributed by atoms with Crippen molar-refractivity contribution in [1.29, 1.82) is 0 Å². The van der Waals surface area contributed by atoms with Crippen LogP contribution in [0.3, 0.4) is 0 Å². The van der Waals surface area contributed by atoms with Crippen LogP contribution in [0.1, 0.15) is 35.8 Å². The summed E-state index contributed by atoms with van der Waals surface area (Å²) < 4.78 is 37.6. The summed E-state index contributed by atoms with van der Waals surface area (Å²) in [6.07, 6.45) is -6.48. The van der Waals surface area contributed by atoms with Gasteiger partial charge in [-0.05, 0) is 36.6 Å². The molecule has 0 bridgehead atoms. The Kier molecular flexibility index (Phi) is 4.64. The second-order valence-electron chi connectivity index (χ2n) is 4.28. The van der Waals surface area contributed by atoms with Crippen molar-refractivity contribution in [3.05, 3.63) is 34.9 Å². The molecular weight excluding hydrogens is 267 g/mol. The standard InChI is InChI=1S/C12H14F3NO.ClH/c1-7-8-3-2-4-10(9(8)5-6-16-7)11(17)12(13,14)15;/h2-4,7,11,16-17H,5-6H2,1H3;1H/t7-,11?;/m0./s1. The van der Waals surface area contributed by atoms with Gasteiger partial charge in [0.05, 0.1) is 0 Å². The number of aliphatic hydroxyl groups is 1. The summed E-state index contributed by atoms with van der Waals surface area (Å²) in [5, 5.41) is 12.5. The van der Waals surface area contributed by atoms with E-state index in [9.17, 15) is 18.3 Å². The van der Waals surface area contributed by atoms with Crippen LogP contribution in [-0.2, 0) is 6.42 Å². The number of nitrogens with one attached hydrogen (secondary N) is 1. The zero-order chi connectivity index (χ0) is 12.6. The van der Waals surface area contributed by atoms with Crippen LogP contribution in [0.15, 0.2) is 18.2 Å². The second kappa shape index (κ2) is 5.47. The van der Waals surface area contributed by atoms with Gasteiger partial charge in [-0.2, -0.15) is 13.2 Å². The van der Waals surface area contributed by atoms with E-state index < -0.39 is 12.3 Å². The van der Waals surface area contributed by atoms with Crippen LogP contribution in [0.2, 0.25) is 0 Å². The molecule has 0 fully saturated rings. The first-order chi connectivity index (χ1) is 7.91. The topological polar surface area (TPSA) is 32.3 Å². The molecule has 0 saturated heterocycles. The highest BCUT2D eigenvalue weighted by atomic mass is 35.5. The van der Waals surface area contributed by atoms with Crippen molar-refractivity contribution in [3.8, 4) is 0 Å². The Bertz CT molecular complexity index is 422. The van der Waals surface area contributed by atoms with Crippen molar-refractivity contribution in [2.24, 2.45) is 0 Å². The van der Waals surface area contributed by atoms with Gasteiger partial charge in [-0.15, -0.1) is 12.4 Å². The van der Waals surface area contributed by atoms with Gasteiger partial charge >= 0.3 is 6.18 Å². The molecule has 2 atom stereocenters. The van der Waals surface area contributed by atoms with E-state index in [1.807, 2.05) is 6.92 Å². The smallest absolute Gasteiger partial charge is 0.379 e. The summed E-state index contributed by atoms with van der Waals surface area (Å²) in [6, 6.07) is 4.75. The van der Waals surface area contributed by atoms with Crippen molar-refractivity contribution >= 4 is 12.4 Å². The van der Waals surface area contributed by atoms with E-state index in [1.165, 1.54) is 6.07 Å². The molecule has 2 nitrogen and oxygen atoms in total. The molecule has 0 aliphatic carbocycles. The molecule has 2 rings (SSSR count). The molecule has 1 aromatic carbocycles. The van der Waals surface area contributed by atoms with E-state index in [0.717, 1.165) is 5.56 Å². The third-order valence-corrected chi connectivity index (χ3v) is 3.15. The SMILES string of the molecule is C[C@@H]1NCCc2c(C(O)C(F)(F)F)cccc21.Cl. The molecule has 1 aliphatic rings. The molecule has 1 aromatic rings. The van der Waals surface area contributed by atoms with Gasteiger partial charge in [0.25, 0.3) is 0 Å². The fourth-order valence-electron chi connectivity index (χ4n) is 2.27. The van der Waals surface area contributed by atoms with Gasteiger partial charge in [-0.25, -0.2) is 0 Å². The Balaban J connectivity index is 0.00000162. The number of hydrogen-bond donors (Lipinski definition) is 2. The van der Waals surface area contributed by atoms with Gasteiger partial charge in [-0.3, -0.25) is 0 Å². The number of fused-ring (bicyclic) bond motifs is 1. The van der Waals surface area contributed by atoms with Crippen LogP contribution in [0.5, 0.6) is 0 Å². The lowest BCUT2D eigenvalue weighted by molar-refractivity contribution is -0.207. The Morgan fingerprint density at radius 3 is 2.67 bits per heavy atom. The minimum absolute atomic E-state index is 0. The predicted molar refractivity (Wildman–Crippen MR) is 64.8 cm³/mol. The van der Waals surface area contributed by atoms with Crippen molar-refractivity contribution < 1.29 is 18.3 Å². The van der Waals surface area contributed by atoms with Crippen molar-refractivity contribution in [3.63, 3.8) is 0 Å². The Morgan fingerprint density at radius 2 is 2.06 bits per heavy atom. The highest BCUT2D eigenvalue weighted by Crippen LogP contribution is 2.37. The van der Waals surface area contributed by atoms with E-state index in [1.54, 1.807) is 12.1 Å². The summed E-state index contributed by atoms with van der Waals surface area (Å²) >= 11 is 0. The first kappa shape index (κ1) is 15.3. The van der Waals surface area contributed by atoms with Crippen molar-refractivity contribution in [1.82, 2.24) is 5.32 Å². The summed E-state index contributed by atoms with van der Waals surface area (Å²) in [6.45, 7) is 2.54. The van der Waals surface area contributed by atoms with E-state index in [-0.39, 0.29) is 24.0 Å². The monoisotopic (exact) mass is 281 g/mol. The van der Waals surface area contributed by atoms with Crippen LogP contribution < -0.4 is 5.32 Å².